The lowest BCUT2D eigenvalue weighted by molar-refractivity contribution is -0.119. The Balaban J connectivity index is 2.17. The number of carbonyl (C=O) groups excluding carboxylic acids is 1. The molecule has 0 spiro atoms. The highest BCUT2D eigenvalue weighted by Crippen LogP contribution is 2.22. The molecule has 2 N–H and O–H groups in total. The van der Waals surface area contributed by atoms with E-state index in [9.17, 15) is 9.18 Å². The van der Waals surface area contributed by atoms with Crippen molar-refractivity contribution in [2.24, 2.45) is 12.8 Å². The highest BCUT2D eigenvalue weighted by Gasteiger charge is 2.20. The topological polar surface area (TPSA) is 60.9 Å². The summed E-state index contributed by atoms with van der Waals surface area (Å²) in [5, 5.41) is 4.18. The van der Waals surface area contributed by atoms with Gasteiger partial charge in [0.2, 0.25) is 0 Å². The van der Waals surface area contributed by atoms with Crippen LogP contribution in [0.25, 0.3) is 0 Å². The van der Waals surface area contributed by atoms with E-state index in [1.54, 1.807) is 24.0 Å². The third kappa shape index (κ3) is 3.00. The van der Waals surface area contributed by atoms with Crippen molar-refractivity contribution in [2.45, 2.75) is 12.5 Å². The monoisotopic (exact) mass is 281 g/mol. The van der Waals surface area contributed by atoms with Crippen LogP contribution < -0.4 is 5.73 Å². The summed E-state index contributed by atoms with van der Waals surface area (Å²) in [6.07, 6.45) is 3.04. The van der Waals surface area contributed by atoms with Crippen molar-refractivity contribution in [3.05, 3.63) is 52.6 Å². The summed E-state index contributed by atoms with van der Waals surface area (Å²) in [7, 11) is 1.73. The van der Waals surface area contributed by atoms with Gasteiger partial charge in [0, 0.05) is 35.8 Å². The molecule has 1 aromatic heterocycles. The standard InChI is InChI=1S/C13H13ClFN3O/c1-18-7-8(6-17-18)13(16)12(19)5-9-10(14)3-2-4-11(9)15/h2-4,6-7,13H,5,16H2,1H3. The molecular weight excluding hydrogens is 269 g/mol. The number of aromatic nitrogens is 2. The van der Waals surface area contributed by atoms with Gasteiger partial charge in [-0.2, -0.15) is 5.10 Å². The number of Topliss-reactive ketones (excluding diaryl/α,β-unsaturated/α-hetero) is 1. The number of hydrogen-bond donors (Lipinski definition) is 1. The van der Waals surface area contributed by atoms with Crippen molar-refractivity contribution in [1.29, 1.82) is 0 Å². The van der Waals surface area contributed by atoms with Crippen LogP contribution in [0.1, 0.15) is 17.2 Å². The molecule has 2 rings (SSSR count). The summed E-state index contributed by atoms with van der Waals surface area (Å²) in [6, 6.07) is 3.48. The normalized spacial score (nSPS) is 12.4. The molecule has 1 heterocycles. The van der Waals surface area contributed by atoms with Crippen LogP contribution in [0.4, 0.5) is 4.39 Å². The second-order valence-electron chi connectivity index (χ2n) is 4.27. The van der Waals surface area contributed by atoms with E-state index >= 15 is 0 Å². The molecule has 0 saturated carbocycles. The van der Waals surface area contributed by atoms with Crippen molar-refractivity contribution in [3.8, 4) is 0 Å². The van der Waals surface area contributed by atoms with Gasteiger partial charge in [-0.3, -0.25) is 9.48 Å². The van der Waals surface area contributed by atoms with Gasteiger partial charge in [0.25, 0.3) is 0 Å². The first-order chi connectivity index (χ1) is 8.99. The summed E-state index contributed by atoms with van der Waals surface area (Å²) in [6.45, 7) is 0. The smallest absolute Gasteiger partial charge is 0.158 e. The van der Waals surface area contributed by atoms with Gasteiger partial charge >= 0.3 is 0 Å². The average Bonchev–Trinajstić information content (AvgIpc) is 2.79. The molecule has 0 saturated heterocycles. The van der Waals surface area contributed by atoms with Crippen LogP contribution in [0.5, 0.6) is 0 Å². The van der Waals surface area contributed by atoms with E-state index in [-0.39, 0.29) is 22.8 Å². The van der Waals surface area contributed by atoms with Gasteiger partial charge in [0.05, 0.1) is 12.2 Å². The highest BCUT2D eigenvalue weighted by atomic mass is 35.5. The number of benzene rings is 1. The molecule has 19 heavy (non-hydrogen) atoms. The van der Waals surface area contributed by atoms with Gasteiger partial charge < -0.3 is 5.73 Å². The quantitative estimate of drug-likeness (QED) is 0.933. The van der Waals surface area contributed by atoms with Gasteiger partial charge in [-0.05, 0) is 12.1 Å². The minimum absolute atomic E-state index is 0.137. The molecule has 0 aliphatic rings. The van der Waals surface area contributed by atoms with Crippen LogP contribution >= 0.6 is 11.6 Å². The molecule has 100 valence electrons. The Morgan fingerprint density at radius 2 is 2.32 bits per heavy atom. The van der Waals surface area contributed by atoms with Crippen molar-refractivity contribution in [3.63, 3.8) is 0 Å². The summed E-state index contributed by atoms with van der Waals surface area (Å²) in [5.41, 5.74) is 6.60. The summed E-state index contributed by atoms with van der Waals surface area (Å²) in [4.78, 5) is 12.0. The molecule has 0 amide bonds. The Hall–Kier alpha value is -1.72. The van der Waals surface area contributed by atoms with Gasteiger partial charge in [-0.15, -0.1) is 0 Å². The molecule has 0 bridgehead atoms. The zero-order chi connectivity index (χ0) is 14.0. The molecule has 1 atom stereocenters. The lowest BCUT2D eigenvalue weighted by atomic mass is 10.0. The number of rotatable bonds is 4. The Labute approximate surface area is 115 Å². The number of hydrogen-bond acceptors (Lipinski definition) is 3. The third-order valence-corrected chi connectivity index (χ3v) is 3.20. The lowest BCUT2D eigenvalue weighted by Crippen LogP contribution is -2.23. The number of ketones is 1. The highest BCUT2D eigenvalue weighted by molar-refractivity contribution is 6.31. The number of halogens is 2. The number of nitrogens with zero attached hydrogens (tertiary/aromatic N) is 2. The Morgan fingerprint density at radius 3 is 2.89 bits per heavy atom. The average molecular weight is 282 g/mol. The van der Waals surface area contributed by atoms with Gasteiger partial charge in [-0.25, -0.2) is 4.39 Å². The number of carbonyl (C=O) groups is 1. The molecule has 6 heteroatoms. The maximum Gasteiger partial charge on any atom is 0.158 e. The SMILES string of the molecule is Cn1cc(C(N)C(=O)Cc2c(F)cccc2Cl)cn1. The van der Waals surface area contributed by atoms with Crippen LogP contribution in [-0.2, 0) is 18.3 Å². The van der Waals surface area contributed by atoms with Crippen molar-refractivity contribution in [2.75, 3.05) is 0 Å². The van der Waals surface area contributed by atoms with Gasteiger partial charge in [0.15, 0.2) is 5.78 Å². The summed E-state index contributed by atoms with van der Waals surface area (Å²) in [5.74, 6) is -0.806. The predicted octanol–water partition coefficient (Wildman–Crippen LogP) is 2.02. The van der Waals surface area contributed by atoms with Crippen LogP contribution in [0.3, 0.4) is 0 Å². The number of aryl methyl sites for hydroxylation is 1. The number of nitrogens with two attached hydrogens (primary N) is 1. The second-order valence-corrected chi connectivity index (χ2v) is 4.68. The maximum atomic E-state index is 13.6. The molecule has 0 fully saturated rings. The van der Waals surface area contributed by atoms with E-state index < -0.39 is 11.9 Å². The lowest BCUT2D eigenvalue weighted by Gasteiger charge is -2.10. The molecule has 0 radical (unpaired) electrons. The van der Waals surface area contributed by atoms with Crippen molar-refractivity contribution < 1.29 is 9.18 Å². The fraction of sp³-hybridized carbons (Fsp3) is 0.231. The zero-order valence-corrected chi connectivity index (χ0v) is 11.1. The van der Waals surface area contributed by atoms with Gasteiger partial charge in [0.1, 0.15) is 5.82 Å². The van der Waals surface area contributed by atoms with Crippen molar-refractivity contribution >= 4 is 17.4 Å². The first-order valence-electron chi connectivity index (χ1n) is 5.68. The minimum Gasteiger partial charge on any atom is -0.318 e. The fourth-order valence-electron chi connectivity index (χ4n) is 1.77. The molecule has 1 aromatic carbocycles. The van der Waals surface area contributed by atoms with E-state index in [2.05, 4.69) is 5.10 Å². The Kier molecular flexibility index (Phi) is 3.97. The van der Waals surface area contributed by atoms with Crippen LogP contribution in [0.15, 0.2) is 30.6 Å². The van der Waals surface area contributed by atoms with Crippen LogP contribution in [0.2, 0.25) is 5.02 Å². The minimum atomic E-state index is -0.829. The van der Waals surface area contributed by atoms with E-state index in [0.717, 1.165) is 0 Å². The van der Waals surface area contributed by atoms with E-state index in [4.69, 9.17) is 17.3 Å². The van der Waals surface area contributed by atoms with E-state index in [1.807, 2.05) is 0 Å². The summed E-state index contributed by atoms with van der Waals surface area (Å²) >= 11 is 5.88. The van der Waals surface area contributed by atoms with Crippen LogP contribution in [-0.4, -0.2) is 15.6 Å². The van der Waals surface area contributed by atoms with Crippen molar-refractivity contribution in [1.82, 2.24) is 9.78 Å². The zero-order valence-electron chi connectivity index (χ0n) is 10.3. The van der Waals surface area contributed by atoms with Crippen LogP contribution in [0, 0.1) is 5.82 Å². The Morgan fingerprint density at radius 1 is 1.58 bits per heavy atom. The van der Waals surface area contributed by atoms with Gasteiger partial charge in [-0.1, -0.05) is 17.7 Å². The molecular formula is C13H13ClFN3O. The Bertz CT molecular complexity index is 591. The van der Waals surface area contributed by atoms with E-state index in [1.165, 1.54) is 18.3 Å². The second kappa shape index (κ2) is 5.50. The maximum absolute atomic E-state index is 13.6. The molecule has 4 nitrogen and oxygen atoms in total. The third-order valence-electron chi connectivity index (χ3n) is 2.84. The fourth-order valence-corrected chi connectivity index (χ4v) is 2.00. The predicted molar refractivity (Wildman–Crippen MR) is 70.3 cm³/mol. The van der Waals surface area contributed by atoms with E-state index in [0.29, 0.717) is 5.56 Å². The largest absolute Gasteiger partial charge is 0.318 e. The molecule has 2 aromatic rings. The molecule has 0 aliphatic heterocycles. The molecule has 0 aliphatic carbocycles. The first-order valence-corrected chi connectivity index (χ1v) is 6.06. The summed E-state index contributed by atoms with van der Waals surface area (Å²) < 4.78 is 15.1. The first kappa shape index (κ1) is 13.7. The molecule has 1 unspecified atom stereocenters.